The molecule has 36 heavy (non-hydrogen) atoms. The molecule has 9 nitrogen and oxygen atoms in total. The quantitative estimate of drug-likeness (QED) is 0.295. The molecule has 0 heterocycles. The fraction of sp³-hybridized carbons (Fsp3) is 0.200. The standard InChI is InChI=1S/C25H26ClN3O6S/c1-4-35-22-8-6-5-7-21(22)29(36(31,32)20-12-10-19(26)11-13-20)17-25(30)28-27-16-18-9-14-23(33-2)24(15-18)34-3/h5-16H,4,17H2,1-3H3,(H,28,30)/b27-16-. The number of para-hydroxylation sites is 2. The molecule has 3 aromatic carbocycles. The Morgan fingerprint density at radius 3 is 2.36 bits per heavy atom. The van der Waals surface area contributed by atoms with Gasteiger partial charge >= 0.3 is 0 Å². The molecule has 0 radical (unpaired) electrons. The van der Waals surface area contributed by atoms with Crippen LogP contribution in [-0.2, 0) is 14.8 Å². The predicted octanol–water partition coefficient (Wildman–Crippen LogP) is 4.10. The fourth-order valence-electron chi connectivity index (χ4n) is 3.25. The SMILES string of the molecule is CCOc1ccccc1N(CC(=O)N/N=C\c1ccc(OC)c(OC)c1)S(=O)(=O)c1ccc(Cl)cc1. The van der Waals surface area contributed by atoms with E-state index in [1.165, 1.54) is 44.7 Å². The normalized spacial score (nSPS) is 11.2. The maximum absolute atomic E-state index is 13.5. The number of methoxy groups -OCH3 is 2. The number of nitrogens with one attached hydrogen (secondary N) is 1. The third-order valence-electron chi connectivity index (χ3n) is 4.93. The molecule has 0 saturated heterocycles. The van der Waals surface area contributed by atoms with Crippen LogP contribution in [0.15, 0.2) is 76.7 Å². The Balaban J connectivity index is 1.87. The zero-order valence-corrected chi connectivity index (χ0v) is 21.5. The average Bonchev–Trinajstić information content (AvgIpc) is 2.88. The van der Waals surface area contributed by atoms with Crippen molar-refractivity contribution in [1.82, 2.24) is 5.43 Å². The number of hydrogen-bond acceptors (Lipinski definition) is 7. The highest BCUT2D eigenvalue weighted by atomic mass is 35.5. The Morgan fingerprint density at radius 2 is 1.69 bits per heavy atom. The summed E-state index contributed by atoms with van der Waals surface area (Å²) in [6.07, 6.45) is 1.41. The molecule has 0 fully saturated rings. The van der Waals surface area contributed by atoms with E-state index in [2.05, 4.69) is 10.5 Å². The molecule has 0 atom stereocenters. The summed E-state index contributed by atoms with van der Waals surface area (Å²) >= 11 is 5.93. The third-order valence-corrected chi connectivity index (χ3v) is 6.96. The highest BCUT2D eigenvalue weighted by Gasteiger charge is 2.29. The number of carbonyl (C=O) groups is 1. The number of nitrogens with zero attached hydrogens (tertiary/aromatic N) is 2. The summed E-state index contributed by atoms with van der Waals surface area (Å²) in [6, 6.07) is 17.4. The van der Waals surface area contributed by atoms with Crippen molar-refractivity contribution in [2.45, 2.75) is 11.8 Å². The average molecular weight is 532 g/mol. The molecule has 0 unspecified atom stereocenters. The lowest BCUT2D eigenvalue weighted by atomic mass is 10.2. The first-order chi connectivity index (χ1) is 17.3. The number of carbonyl (C=O) groups excluding carboxylic acids is 1. The first-order valence-electron chi connectivity index (χ1n) is 10.8. The maximum Gasteiger partial charge on any atom is 0.264 e. The highest BCUT2D eigenvalue weighted by Crippen LogP contribution is 2.32. The lowest BCUT2D eigenvalue weighted by Gasteiger charge is -2.25. The summed E-state index contributed by atoms with van der Waals surface area (Å²) < 4.78 is 44.1. The predicted molar refractivity (Wildman–Crippen MR) is 139 cm³/mol. The molecule has 3 rings (SSSR count). The van der Waals surface area contributed by atoms with Crippen LogP contribution in [0.1, 0.15) is 12.5 Å². The van der Waals surface area contributed by atoms with Crippen LogP contribution in [0, 0.1) is 0 Å². The van der Waals surface area contributed by atoms with Crippen molar-refractivity contribution in [2.24, 2.45) is 5.10 Å². The van der Waals surface area contributed by atoms with Crippen molar-refractivity contribution in [3.63, 3.8) is 0 Å². The largest absolute Gasteiger partial charge is 0.493 e. The number of halogens is 1. The van der Waals surface area contributed by atoms with Crippen LogP contribution in [0.3, 0.4) is 0 Å². The fourth-order valence-corrected chi connectivity index (χ4v) is 4.81. The second kappa shape index (κ2) is 12.3. The lowest BCUT2D eigenvalue weighted by Crippen LogP contribution is -2.39. The molecule has 1 amide bonds. The van der Waals surface area contributed by atoms with E-state index >= 15 is 0 Å². The van der Waals surface area contributed by atoms with E-state index in [0.717, 1.165) is 4.31 Å². The van der Waals surface area contributed by atoms with Gasteiger partial charge in [0.25, 0.3) is 15.9 Å². The molecule has 0 aliphatic carbocycles. The minimum Gasteiger partial charge on any atom is -0.493 e. The van der Waals surface area contributed by atoms with Crippen molar-refractivity contribution >= 4 is 39.4 Å². The zero-order valence-electron chi connectivity index (χ0n) is 20.0. The molecule has 11 heteroatoms. The van der Waals surface area contributed by atoms with Gasteiger partial charge in [0.05, 0.1) is 37.6 Å². The second-order valence-corrected chi connectivity index (χ2v) is 9.57. The molecule has 0 aliphatic heterocycles. The van der Waals surface area contributed by atoms with Crippen LogP contribution in [0.25, 0.3) is 0 Å². The Kier molecular flexibility index (Phi) is 9.15. The van der Waals surface area contributed by atoms with Crippen molar-refractivity contribution in [1.29, 1.82) is 0 Å². The molecule has 0 aliphatic rings. The Hall–Kier alpha value is -3.76. The molecule has 0 saturated carbocycles. The summed E-state index contributed by atoms with van der Waals surface area (Å²) in [5, 5.41) is 4.34. The van der Waals surface area contributed by atoms with Crippen molar-refractivity contribution in [3.05, 3.63) is 77.3 Å². The number of rotatable bonds is 11. The Morgan fingerprint density at radius 1 is 1.00 bits per heavy atom. The number of ether oxygens (including phenoxy) is 3. The summed E-state index contributed by atoms with van der Waals surface area (Å²) in [5.74, 6) is 0.713. The number of hydrogen-bond donors (Lipinski definition) is 1. The monoisotopic (exact) mass is 531 g/mol. The lowest BCUT2D eigenvalue weighted by molar-refractivity contribution is -0.119. The van der Waals surface area contributed by atoms with Crippen molar-refractivity contribution < 1.29 is 27.4 Å². The van der Waals surface area contributed by atoms with Gasteiger partial charge in [0, 0.05) is 5.02 Å². The summed E-state index contributed by atoms with van der Waals surface area (Å²) in [7, 11) is -1.11. The van der Waals surface area contributed by atoms with Crippen LogP contribution in [-0.4, -0.2) is 47.9 Å². The smallest absolute Gasteiger partial charge is 0.264 e. The van der Waals surface area contributed by atoms with Gasteiger partial charge in [-0.3, -0.25) is 9.10 Å². The molecule has 0 aromatic heterocycles. The van der Waals surface area contributed by atoms with E-state index in [0.29, 0.717) is 34.4 Å². The second-order valence-electron chi connectivity index (χ2n) is 7.27. The van der Waals surface area contributed by atoms with Crippen LogP contribution in [0.4, 0.5) is 5.69 Å². The van der Waals surface area contributed by atoms with E-state index in [-0.39, 0.29) is 10.6 Å². The number of amides is 1. The van der Waals surface area contributed by atoms with Crippen LogP contribution in [0.2, 0.25) is 5.02 Å². The number of hydrazone groups is 1. The van der Waals surface area contributed by atoms with E-state index < -0.39 is 22.5 Å². The van der Waals surface area contributed by atoms with Crippen molar-refractivity contribution in [2.75, 3.05) is 31.7 Å². The summed E-state index contributed by atoms with van der Waals surface area (Å²) in [5.41, 5.74) is 3.23. The molecular formula is C25H26ClN3O6S. The van der Waals surface area contributed by atoms with Crippen molar-refractivity contribution in [3.8, 4) is 17.2 Å². The van der Waals surface area contributed by atoms with Gasteiger partial charge in [-0.05, 0) is 67.1 Å². The van der Waals surface area contributed by atoms with Gasteiger partial charge in [-0.25, -0.2) is 13.8 Å². The Bertz CT molecular complexity index is 1330. The first-order valence-corrected chi connectivity index (χ1v) is 12.7. The number of anilines is 1. The van der Waals surface area contributed by atoms with Gasteiger partial charge in [-0.15, -0.1) is 0 Å². The topological polar surface area (TPSA) is 107 Å². The van der Waals surface area contributed by atoms with Gasteiger partial charge in [-0.2, -0.15) is 5.10 Å². The van der Waals surface area contributed by atoms with Gasteiger partial charge in [0.15, 0.2) is 11.5 Å². The molecule has 190 valence electrons. The van der Waals surface area contributed by atoms with Gasteiger partial charge in [0.2, 0.25) is 0 Å². The van der Waals surface area contributed by atoms with E-state index in [1.54, 1.807) is 49.4 Å². The number of sulfonamides is 1. The van der Waals surface area contributed by atoms with Gasteiger partial charge < -0.3 is 14.2 Å². The molecule has 1 N–H and O–H groups in total. The maximum atomic E-state index is 13.5. The Labute approximate surface area is 215 Å². The zero-order chi connectivity index (χ0) is 26.1. The molecule has 3 aromatic rings. The van der Waals surface area contributed by atoms with Gasteiger partial charge in [-0.1, -0.05) is 23.7 Å². The van der Waals surface area contributed by atoms with E-state index in [1.807, 2.05) is 0 Å². The molecule has 0 bridgehead atoms. The third kappa shape index (κ3) is 6.46. The highest BCUT2D eigenvalue weighted by molar-refractivity contribution is 7.92. The minimum atomic E-state index is -4.15. The summed E-state index contributed by atoms with van der Waals surface area (Å²) in [6.45, 7) is 1.55. The van der Waals surface area contributed by atoms with Crippen LogP contribution >= 0.6 is 11.6 Å². The van der Waals surface area contributed by atoms with Crippen LogP contribution in [0.5, 0.6) is 17.2 Å². The molecular weight excluding hydrogens is 506 g/mol. The van der Waals surface area contributed by atoms with E-state index in [4.69, 9.17) is 25.8 Å². The van der Waals surface area contributed by atoms with E-state index in [9.17, 15) is 13.2 Å². The minimum absolute atomic E-state index is 0.0279. The first kappa shape index (κ1) is 26.8. The van der Waals surface area contributed by atoms with Gasteiger partial charge in [0.1, 0.15) is 12.3 Å². The number of benzene rings is 3. The van der Waals surface area contributed by atoms with Crippen LogP contribution < -0.4 is 23.9 Å². The summed E-state index contributed by atoms with van der Waals surface area (Å²) in [4.78, 5) is 12.8. The molecule has 0 spiro atoms.